The van der Waals surface area contributed by atoms with Gasteiger partial charge in [0, 0.05) is 22.7 Å². The first-order valence-corrected chi connectivity index (χ1v) is 11.0. The van der Waals surface area contributed by atoms with Crippen molar-refractivity contribution in [3.05, 3.63) is 70.3 Å². The Balaban J connectivity index is 1.60. The Hall–Kier alpha value is -2.80. The van der Waals surface area contributed by atoms with E-state index in [0.29, 0.717) is 6.54 Å². The maximum atomic E-state index is 13.3. The number of nitrogens with zero attached hydrogens (tertiary/aromatic N) is 4. The minimum absolute atomic E-state index is 0.0224. The Morgan fingerprint density at radius 3 is 2.70 bits per heavy atom. The van der Waals surface area contributed by atoms with Crippen molar-refractivity contribution in [3.63, 3.8) is 0 Å². The van der Waals surface area contributed by atoms with E-state index in [2.05, 4.69) is 11.7 Å². The van der Waals surface area contributed by atoms with E-state index in [9.17, 15) is 9.18 Å². The van der Waals surface area contributed by atoms with Gasteiger partial charge in [-0.25, -0.2) is 14.1 Å². The first kappa shape index (κ1) is 20.5. The lowest BCUT2D eigenvalue weighted by molar-refractivity contribution is -0.117. The lowest BCUT2D eigenvalue weighted by Crippen LogP contribution is -2.32. The lowest BCUT2D eigenvalue weighted by atomic mass is 10.0. The summed E-state index contributed by atoms with van der Waals surface area (Å²) >= 11 is 1.62. The number of fused-ring (bicyclic) bond motifs is 1. The Labute approximate surface area is 179 Å². The zero-order valence-corrected chi connectivity index (χ0v) is 18.1. The van der Waals surface area contributed by atoms with E-state index in [4.69, 9.17) is 4.98 Å². The van der Waals surface area contributed by atoms with Crippen LogP contribution in [-0.4, -0.2) is 27.2 Å². The molecule has 0 saturated carbocycles. The third-order valence-corrected chi connectivity index (χ3v) is 6.70. The summed E-state index contributed by atoms with van der Waals surface area (Å²) in [7, 11) is 0. The number of aryl methyl sites for hydroxylation is 3. The number of rotatable bonds is 6. The highest BCUT2D eigenvalue weighted by Gasteiger charge is 2.24. The predicted molar refractivity (Wildman–Crippen MR) is 118 cm³/mol. The van der Waals surface area contributed by atoms with E-state index in [1.807, 2.05) is 13.8 Å². The molecule has 0 radical (unpaired) electrons. The number of carbonyl (C=O) groups is 1. The van der Waals surface area contributed by atoms with Gasteiger partial charge in [-0.05, 0) is 63.8 Å². The van der Waals surface area contributed by atoms with Crippen LogP contribution in [0.5, 0.6) is 0 Å². The second-order valence-corrected chi connectivity index (χ2v) is 8.64. The van der Waals surface area contributed by atoms with Crippen molar-refractivity contribution >= 4 is 22.4 Å². The molecule has 0 fully saturated rings. The summed E-state index contributed by atoms with van der Waals surface area (Å²) in [6.07, 6.45) is 6.35. The molecule has 0 atom stereocenters. The van der Waals surface area contributed by atoms with Crippen LogP contribution in [0.1, 0.15) is 40.4 Å². The molecule has 1 aliphatic carbocycles. The molecule has 0 saturated heterocycles. The van der Waals surface area contributed by atoms with Crippen LogP contribution in [0.25, 0.3) is 5.69 Å². The van der Waals surface area contributed by atoms with Gasteiger partial charge in [0.1, 0.15) is 5.82 Å². The normalized spacial score (nSPS) is 13.2. The van der Waals surface area contributed by atoms with Crippen LogP contribution in [0.15, 0.2) is 36.9 Å². The Morgan fingerprint density at radius 1 is 1.27 bits per heavy atom. The molecule has 0 spiro atoms. The fourth-order valence-electron chi connectivity index (χ4n) is 3.88. The monoisotopic (exact) mass is 424 g/mol. The average Bonchev–Trinajstić information content (AvgIpc) is 3.28. The van der Waals surface area contributed by atoms with Gasteiger partial charge in [-0.2, -0.15) is 5.10 Å². The number of anilines is 1. The highest BCUT2D eigenvalue weighted by atomic mass is 32.1. The molecule has 156 valence electrons. The first-order chi connectivity index (χ1) is 14.5. The van der Waals surface area contributed by atoms with Crippen LogP contribution < -0.4 is 4.90 Å². The molecule has 1 aromatic carbocycles. The molecule has 1 aliphatic rings. The SMILES string of the molecule is C=CCN(C(=O)Cc1c(C)nn(-c2ccc(F)cc2)c1C)c1nc2c(s1)CCCC2. The van der Waals surface area contributed by atoms with Gasteiger partial charge in [-0.15, -0.1) is 17.9 Å². The van der Waals surface area contributed by atoms with Gasteiger partial charge in [0.25, 0.3) is 0 Å². The van der Waals surface area contributed by atoms with E-state index >= 15 is 0 Å². The first-order valence-electron chi connectivity index (χ1n) is 10.2. The van der Waals surface area contributed by atoms with E-state index in [-0.39, 0.29) is 18.1 Å². The number of thiazole rings is 1. The molecule has 7 heteroatoms. The molecule has 4 rings (SSSR count). The summed E-state index contributed by atoms with van der Waals surface area (Å²) in [5, 5.41) is 5.34. The minimum atomic E-state index is -0.290. The molecule has 1 amide bonds. The lowest BCUT2D eigenvalue weighted by Gasteiger charge is -2.18. The number of benzene rings is 1. The molecule has 0 aliphatic heterocycles. The standard InChI is InChI=1S/C23H25FN4OS/c1-4-13-27(23-25-20-7-5-6-8-21(20)30-23)22(29)14-19-15(2)26-28(16(19)3)18-11-9-17(24)10-12-18/h4,9-12H,1,5-8,13-14H2,2-3H3. The molecular formula is C23H25FN4OS. The van der Waals surface area contributed by atoms with E-state index in [1.54, 1.807) is 39.1 Å². The summed E-state index contributed by atoms with van der Waals surface area (Å²) in [6, 6.07) is 6.19. The number of hydrogen-bond donors (Lipinski definition) is 0. The molecule has 3 aromatic rings. The second-order valence-electron chi connectivity index (χ2n) is 7.58. The van der Waals surface area contributed by atoms with Crippen molar-refractivity contribution in [2.24, 2.45) is 0 Å². The third-order valence-electron chi connectivity index (χ3n) is 5.52. The van der Waals surface area contributed by atoms with Crippen LogP contribution in [0.3, 0.4) is 0 Å². The Bertz CT molecular complexity index is 1060. The average molecular weight is 425 g/mol. The van der Waals surface area contributed by atoms with Gasteiger partial charge in [-0.3, -0.25) is 9.69 Å². The largest absolute Gasteiger partial charge is 0.284 e. The van der Waals surface area contributed by atoms with Gasteiger partial charge in [0.2, 0.25) is 5.91 Å². The van der Waals surface area contributed by atoms with Crippen LogP contribution in [0.2, 0.25) is 0 Å². The van der Waals surface area contributed by atoms with Gasteiger partial charge >= 0.3 is 0 Å². The molecule has 30 heavy (non-hydrogen) atoms. The second kappa shape index (κ2) is 8.52. The molecular weight excluding hydrogens is 399 g/mol. The summed E-state index contributed by atoms with van der Waals surface area (Å²) in [5.74, 6) is -0.312. The zero-order chi connectivity index (χ0) is 21.3. The van der Waals surface area contributed by atoms with Gasteiger partial charge < -0.3 is 0 Å². The maximum absolute atomic E-state index is 13.3. The molecule has 0 unspecified atom stereocenters. The van der Waals surface area contributed by atoms with Gasteiger partial charge in [0.05, 0.1) is 23.5 Å². The number of hydrogen-bond acceptors (Lipinski definition) is 4. The van der Waals surface area contributed by atoms with E-state index in [1.165, 1.54) is 23.4 Å². The summed E-state index contributed by atoms with van der Waals surface area (Å²) in [4.78, 5) is 21.1. The van der Waals surface area contributed by atoms with E-state index in [0.717, 1.165) is 52.7 Å². The van der Waals surface area contributed by atoms with Crippen molar-refractivity contribution in [1.82, 2.24) is 14.8 Å². The van der Waals surface area contributed by atoms with Crippen molar-refractivity contribution in [1.29, 1.82) is 0 Å². The number of halogens is 1. The number of carbonyl (C=O) groups excluding carboxylic acids is 1. The molecule has 2 heterocycles. The van der Waals surface area contributed by atoms with Gasteiger partial charge in [-0.1, -0.05) is 6.08 Å². The van der Waals surface area contributed by atoms with Crippen molar-refractivity contribution in [2.75, 3.05) is 11.4 Å². The number of aromatic nitrogens is 3. The highest BCUT2D eigenvalue weighted by Crippen LogP contribution is 2.32. The van der Waals surface area contributed by atoms with Crippen LogP contribution in [-0.2, 0) is 24.1 Å². The zero-order valence-electron chi connectivity index (χ0n) is 17.3. The van der Waals surface area contributed by atoms with Crippen molar-refractivity contribution < 1.29 is 9.18 Å². The van der Waals surface area contributed by atoms with Gasteiger partial charge in [0.15, 0.2) is 5.13 Å². The van der Waals surface area contributed by atoms with Crippen LogP contribution >= 0.6 is 11.3 Å². The number of amides is 1. The Morgan fingerprint density at radius 2 is 2.00 bits per heavy atom. The highest BCUT2D eigenvalue weighted by molar-refractivity contribution is 7.16. The van der Waals surface area contributed by atoms with E-state index < -0.39 is 0 Å². The quantitative estimate of drug-likeness (QED) is 0.538. The van der Waals surface area contributed by atoms with Crippen molar-refractivity contribution in [3.8, 4) is 5.69 Å². The predicted octanol–water partition coefficient (Wildman–Crippen LogP) is 4.73. The summed E-state index contributed by atoms with van der Waals surface area (Å²) in [5.41, 5.74) is 4.47. The fourth-order valence-corrected chi connectivity index (χ4v) is 5.06. The van der Waals surface area contributed by atoms with Crippen LogP contribution in [0, 0.1) is 19.7 Å². The molecule has 5 nitrogen and oxygen atoms in total. The Kier molecular flexibility index (Phi) is 5.81. The smallest absolute Gasteiger partial charge is 0.233 e. The maximum Gasteiger partial charge on any atom is 0.233 e. The molecule has 2 aromatic heterocycles. The fraction of sp³-hybridized carbons (Fsp3) is 0.348. The third kappa shape index (κ3) is 3.94. The van der Waals surface area contributed by atoms with Crippen molar-refractivity contribution in [2.45, 2.75) is 46.0 Å². The van der Waals surface area contributed by atoms with Crippen LogP contribution in [0.4, 0.5) is 9.52 Å². The molecule has 0 N–H and O–H groups in total. The molecule has 0 bridgehead atoms. The topological polar surface area (TPSA) is 51.0 Å². The summed E-state index contributed by atoms with van der Waals surface area (Å²) in [6.45, 7) is 8.08. The summed E-state index contributed by atoms with van der Waals surface area (Å²) < 4.78 is 15.0. The minimum Gasteiger partial charge on any atom is -0.284 e.